The van der Waals surface area contributed by atoms with Crippen molar-refractivity contribution in [1.29, 1.82) is 0 Å². The summed E-state index contributed by atoms with van der Waals surface area (Å²) < 4.78 is 6.37. The number of nitrogens with zero attached hydrogens (tertiary/aromatic N) is 4. The van der Waals surface area contributed by atoms with Crippen LogP contribution < -0.4 is 5.32 Å². The van der Waals surface area contributed by atoms with Crippen LogP contribution in [0.5, 0.6) is 0 Å². The number of anilines is 1. The van der Waals surface area contributed by atoms with Crippen LogP contribution in [-0.2, 0) is 9.53 Å². The molecule has 2 aromatic rings. The minimum absolute atomic E-state index is 0.00463. The highest BCUT2D eigenvalue weighted by atomic mass is 32.2. The van der Waals surface area contributed by atoms with Crippen molar-refractivity contribution < 1.29 is 9.53 Å². The number of carbonyl (C=O) groups excluding carboxylic acids is 1. The van der Waals surface area contributed by atoms with Crippen molar-refractivity contribution in [3.05, 3.63) is 35.9 Å². The first-order chi connectivity index (χ1) is 13.3. The van der Waals surface area contributed by atoms with E-state index in [0.29, 0.717) is 12.3 Å². The van der Waals surface area contributed by atoms with E-state index in [-0.39, 0.29) is 12.0 Å². The van der Waals surface area contributed by atoms with Gasteiger partial charge >= 0.3 is 0 Å². The van der Waals surface area contributed by atoms with Crippen LogP contribution in [0.25, 0.3) is 0 Å². The molecule has 1 atom stereocenters. The van der Waals surface area contributed by atoms with Crippen molar-refractivity contribution in [2.45, 2.75) is 29.7 Å². The Hall–Kier alpha value is -1.97. The lowest BCUT2D eigenvalue weighted by atomic mass is 10.1. The second-order valence-electron chi connectivity index (χ2n) is 6.36. The van der Waals surface area contributed by atoms with Crippen molar-refractivity contribution in [1.82, 2.24) is 15.2 Å². The molecular formula is C18H21N5O2S2. The van der Waals surface area contributed by atoms with E-state index in [0.717, 1.165) is 53.2 Å². The van der Waals surface area contributed by atoms with Crippen LogP contribution in [0.4, 0.5) is 5.13 Å². The average molecular weight is 404 g/mol. The summed E-state index contributed by atoms with van der Waals surface area (Å²) in [7, 11) is 0. The number of benzene rings is 1. The average Bonchev–Trinajstić information content (AvgIpc) is 3.47. The molecule has 0 saturated carbocycles. The van der Waals surface area contributed by atoms with E-state index in [9.17, 15) is 4.79 Å². The Bertz CT molecular complexity index is 805. The monoisotopic (exact) mass is 403 g/mol. The number of nitrogens with one attached hydrogen (secondary N) is 1. The first-order valence-corrected chi connectivity index (χ1v) is 10.8. The Balaban J connectivity index is 1.25. The Morgan fingerprint density at radius 3 is 3.04 bits per heavy atom. The number of rotatable bonds is 7. The van der Waals surface area contributed by atoms with Gasteiger partial charge in [-0.15, -0.1) is 10.2 Å². The van der Waals surface area contributed by atoms with Gasteiger partial charge in [0.2, 0.25) is 5.13 Å². The fourth-order valence-corrected chi connectivity index (χ4v) is 4.64. The molecule has 1 aromatic carbocycles. The summed E-state index contributed by atoms with van der Waals surface area (Å²) in [6.07, 6.45) is 3.26. The van der Waals surface area contributed by atoms with Crippen LogP contribution in [0, 0.1) is 0 Å². The van der Waals surface area contributed by atoms with E-state index in [1.807, 2.05) is 30.3 Å². The van der Waals surface area contributed by atoms with E-state index in [1.165, 1.54) is 23.1 Å². The van der Waals surface area contributed by atoms with Crippen molar-refractivity contribution in [2.75, 3.05) is 30.8 Å². The lowest BCUT2D eigenvalue weighted by Crippen LogP contribution is -2.25. The number of hydrazone groups is 1. The predicted molar refractivity (Wildman–Crippen MR) is 107 cm³/mol. The highest BCUT2D eigenvalue weighted by Gasteiger charge is 2.22. The van der Waals surface area contributed by atoms with E-state index >= 15 is 0 Å². The van der Waals surface area contributed by atoms with Crippen molar-refractivity contribution in [2.24, 2.45) is 5.10 Å². The third-order valence-electron chi connectivity index (χ3n) is 4.43. The molecule has 2 aliphatic heterocycles. The van der Waals surface area contributed by atoms with Crippen LogP contribution in [0.3, 0.4) is 0 Å². The van der Waals surface area contributed by atoms with Crippen molar-refractivity contribution >= 4 is 39.8 Å². The Labute approximate surface area is 166 Å². The summed E-state index contributed by atoms with van der Waals surface area (Å²) in [4.78, 5) is 12.4. The van der Waals surface area contributed by atoms with E-state index in [1.54, 1.807) is 5.01 Å². The number of aromatic nitrogens is 2. The molecule has 142 valence electrons. The predicted octanol–water partition coefficient (Wildman–Crippen LogP) is 2.86. The number of amides is 1. The van der Waals surface area contributed by atoms with Crippen LogP contribution in [0.1, 0.15) is 24.8 Å². The molecule has 0 spiro atoms. The molecule has 9 heteroatoms. The van der Waals surface area contributed by atoms with E-state index in [2.05, 4.69) is 20.6 Å². The number of carbonyl (C=O) groups is 1. The molecule has 1 amide bonds. The van der Waals surface area contributed by atoms with Gasteiger partial charge in [-0.2, -0.15) is 5.10 Å². The zero-order valence-electron chi connectivity index (χ0n) is 14.8. The maximum Gasteiger partial charge on any atom is 0.253 e. The smallest absolute Gasteiger partial charge is 0.253 e. The van der Waals surface area contributed by atoms with Gasteiger partial charge < -0.3 is 10.1 Å². The highest BCUT2D eigenvalue weighted by molar-refractivity contribution is 8.01. The molecule has 0 aliphatic carbocycles. The van der Waals surface area contributed by atoms with Gasteiger partial charge in [0.05, 0.1) is 24.1 Å². The van der Waals surface area contributed by atoms with Gasteiger partial charge in [-0.25, -0.2) is 5.01 Å². The summed E-state index contributed by atoms with van der Waals surface area (Å²) >= 11 is 2.87. The Morgan fingerprint density at radius 1 is 1.33 bits per heavy atom. The quantitative estimate of drug-likeness (QED) is 0.716. The standard InChI is InChI=1S/C18H21N5O2S2/c24-16(23-9-8-15(22-23)13-5-2-1-3-6-13)12-26-18-21-20-17(27-18)19-11-14-7-4-10-25-14/h1-3,5-6,14H,4,7-12H2,(H,19,20). The molecule has 1 unspecified atom stereocenters. The minimum Gasteiger partial charge on any atom is -0.376 e. The van der Waals surface area contributed by atoms with Crippen LogP contribution in [0.2, 0.25) is 0 Å². The molecule has 1 aromatic heterocycles. The lowest BCUT2D eigenvalue weighted by molar-refractivity contribution is -0.127. The first kappa shape index (κ1) is 18.4. The summed E-state index contributed by atoms with van der Waals surface area (Å²) in [5, 5.41) is 18.3. The molecule has 27 heavy (non-hydrogen) atoms. The molecule has 3 heterocycles. The topological polar surface area (TPSA) is 79.7 Å². The molecule has 1 fully saturated rings. The zero-order chi connectivity index (χ0) is 18.5. The van der Waals surface area contributed by atoms with Crippen LogP contribution in [0.15, 0.2) is 39.8 Å². The number of hydrogen-bond donors (Lipinski definition) is 1. The zero-order valence-corrected chi connectivity index (χ0v) is 16.5. The van der Waals surface area contributed by atoms with Gasteiger partial charge in [0.1, 0.15) is 0 Å². The molecule has 4 rings (SSSR count). The molecule has 2 aliphatic rings. The molecule has 0 bridgehead atoms. The summed E-state index contributed by atoms with van der Waals surface area (Å²) in [6, 6.07) is 9.99. The van der Waals surface area contributed by atoms with Crippen molar-refractivity contribution in [3.63, 3.8) is 0 Å². The SMILES string of the molecule is O=C(CSc1nnc(NCC2CCCO2)s1)N1CCC(c2ccccc2)=N1. The third kappa shape index (κ3) is 4.85. The molecule has 1 saturated heterocycles. The molecule has 7 nitrogen and oxygen atoms in total. The summed E-state index contributed by atoms with van der Waals surface area (Å²) in [5.41, 5.74) is 2.04. The van der Waals surface area contributed by atoms with E-state index < -0.39 is 0 Å². The first-order valence-electron chi connectivity index (χ1n) is 9.03. The number of ether oxygens (including phenoxy) is 1. The van der Waals surface area contributed by atoms with Gasteiger partial charge in [0, 0.05) is 19.6 Å². The lowest BCUT2D eigenvalue weighted by Gasteiger charge is -2.10. The minimum atomic E-state index is -0.00463. The Morgan fingerprint density at radius 2 is 2.22 bits per heavy atom. The largest absolute Gasteiger partial charge is 0.376 e. The third-order valence-corrected chi connectivity index (χ3v) is 6.43. The summed E-state index contributed by atoms with van der Waals surface area (Å²) in [6.45, 7) is 2.23. The Kier molecular flexibility index (Phi) is 6.00. The molecule has 0 radical (unpaired) electrons. The maximum atomic E-state index is 12.4. The number of hydrogen-bond acceptors (Lipinski definition) is 8. The molecule has 1 N–H and O–H groups in total. The van der Waals surface area contributed by atoms with Crippen molar-refractivity contribution in [3.8, 4) is 0 Å². The van der Waals surface area contributed by atoms with Gasteiger partial charge in [-0.1, -0.05) is 53.4 Å². The van der Waals surface area contributed by atoms with Gasteiger partial charge in [0.15, 0.2) is 4.34 Å². The second kappa shape index (κ2) is 8.81. The number of thioether (sulfide) groups is 1. The van der Waals surface area contributed by atoms with E-state index in [4.69, 9.17) is 4.74 Å². The maximum absolute atomic E-state index is 12.4. The summed E-state index contributed by atoms with van der Waals surface area (Å²) in [5.74, 6) is 0.307. The van der Waals surface area contributed by atoms with Gasteiger partial charge in [-0.3, -0.25) is 4.79 Å². The van der Waals surface area contributed by atoms with Crippen LogP contribution in [-0.4, -0.2) is 58.4 Å². The molecular weight excluding hydrogens is 382 g/mol. The fraction of sp³-hybridized carbons (Fsp3) is 0.444. The fourth-order valence-electron chi connectivity index (χ4n) is 3.01. The van der Waals surface area contributed by atoms with Crippen LogP contribution >= 0.6 is 23.1 Å². The second-order valence-corrected chi connectivity index (χ2v) is 8.56. The highest BCUT2D eigenvalue weighted by Crippen LogP contribution is 2.26. The van der Waals surface area contributed by atoms with Gasteiger partial charge in [0.25, 0.3) is 5.91 Å². The van der Waals surface area contributed by atoms with Gasteiger partial charge in [-0.05, 0) is 18.4 Å². The normalized spacial score (nSPS) is 19.3.